The Morgan fingerprint density at radius 1 is 0.733 bits per heavy atom. The summed E-state index contributed by atoms with van der Waals surface area (Å²) in [7, 11) is 0. The van der Waals surface area contributed by atoms with Crippen molar-refractivity contribution in [3.05, 3.63) is 64.7 Å². The molecule has 0 atom stereocenters. The van der Waals surface area contributed by atoms with Crippen molar-refractivity contribution in [3.63, 3.8) is 0 Å². The Morgan fingerprint density at radius 2 is 1.30 bits per heavy atom. The van der Waals surface area contributed by atoms with Gasteiger partial charge >= 0.3 is 12.4 Å². The molecule has 0 aliphatic heterocycles. The maximum absolute atomic E-state index is 12.9. The average Bonchev–Trinajstić information content (AvgIpc) is 2.62. The molecule has 0 radical (unpaired) electrons. The molecular formula is C23H21F6N. The monoisotopic (exact) mass is 425 g/mol. The zero-order chi connectivity index (χ0) is 22.1. The molecule has 0 unspecified atom stereocenters. The fourth-order valence-corrected chi connectivity index (χ4v) is 3.68. The molecular weight excluding hydrogens is 404 g/mol. The van der Waals surface area contributed by atoms with Crippen molar-refractivity contribution in [2.24, 2.45) is 0 Å². The van der Waals surface area contributed by atoms with E-state index in [4.69, 9.17) is 0 Å². The van der Waals surface area contributed by atoms with Crippen LogP contribution in [0, 0.1) is 13.8 Å². The second-order valence-electron chi connectivity index (χ2n) is 7.58. The van der Waals surface area contributed by atoms with Crippen molar-refractivity contribution in [2.45, 2.75) is 51.9 Å². The van der Waals surface area contributed by atoms with Crippen molar-refractivity contribution in [3.8, 4) is 11.3 Å². The number of halogens is 6. The van der Waals surface area contributed by atoms with Gasteiger partial charge in [0.25, 0.3) is 0 Å². The highest BCUT2D eigenvalue weighted by atomic mass is 19.4. The van der Waals surface area contributed by atoms with E-state index in [0.717, 1.165) is 16.7 Å². The molecule has 0 amide bonds. The molecule has 1 nitrogen and oxygen atoms in total. The first-order valence-electron chi connectivity index (χ1n) is 9.55. The van der Waals surface area contributed by atoms with Crippen LogP contribution in [0.2, 0.25) is 0 Å². The zero-order valence-corrected chi connectivity index (χ0v) is 16.6. The van der Waals surface area contributed by atoms with E-state index in [1.807, 2.05) is 32.0 Å². The predicted octanol–water partition coefficient (Wildman–Crippen LogP) is 7.51. The van der Waals surface area contributed by atoms with Gasteiger partial charge in [-0.1, -0.05) is 29.3 Å². The molecule has 30 heavy (non-hydrogen) atoms. The first-order valence-corrected chi connectivity index (χ1v) is 9.55. The van der Waals surface area contributed by atoms with Crippen LogP contribution in [0.15, 0.2) is 42.5 Å². The number of nitrogens with zero attached hydrogens (tertiary/aromatic N) is 1. The van der Waals surface area contributed by atoms with E-state index >= 15 is 0 Å². The number of aromatic nitrogens is 1. The number of aryl methyl sites for hydroxylation is 4. The van der Waals surface area contributed by atoms with Crippen LogP contribution in [0.3, 0.4) is 0 Å². The van der Waals surface area contributed by atoms with Crippen LogP contribution in [0.5, 0.6) is 0 Å². The predicted molar refractivity (Wildman–Crippen MR) is 105 cm³/mol. The number of hydrogen-bond acceptors (Lipinski definition) is 1. The van der Waals surface area contributed by atoms with E-state index in [1.165, 1.54) is 6.07 Å². The Labute approximate surface area is 170 Å². The molecule has 3 aromatic rings. The first-order chi connectivity index (χ1) is 13.9. The van der Waals surface area contributed by atoms with E-state index in [2.05, 4.69) is 4.98 Å². The maximum Gasteiger partial charge on any atom is 0.389 e. The number of alkyl halides is 6. The van der Waals surface area contributed by atoms with E-state index in [0.29, 0.717) is 27.7 Å². The first kappa shape index (κ1) is 22.1. The largest absolute Gasteiger partial charge is 0.389 e. The van der Waals surface area contributed by atoms with Gasteiger partial charge in [-0.2, -0.15) is 26.3 Å². The molecule has 160 valence electrons. The summed E-state index contributed by atoms with van der Waals surface area (Å²) in [5, 5.41) is 0.388. The van der Waals surface area contributed by atoms with Crippen LogP contribution in [-0.4, -0.2) is 17.3 Å². The van der Waals surface area contributed by atoms with Gasteiger partial charge in [0, 0.05) is 23.8 Å². The minimum atomic E-state index is -4.36. The van der Waals surface area contributed by atoms with Gasteiger partial charge in [-0.15, -0.1) is 0 Å². The molecule has 0 spiro atoms. The van der Waals surface area contributed by atoms with E-state index in [9.17, 15) is 26.3 Å². The summed E-state index contributed by atoms with van der Waals surface area (Å²) in [6, 6.07) is 12.1. The third kappa shape index (κ3) is 5.74. The molecule has 0 saturated heterocycles. The lowest BCUT2D eigenvalue weighted by atomic mass is 9.94. The normalized spacial score (nSPS) is 12.5. The summed E-state index contributed by atoms with van der Waals surface area (Å²) < 4.78 is 77.0. The van der Waals surface area contributed by atoms with Crippen molar-refractivity contribution in [1.29, 1.82) is 0 Å². The second-order valence-corrected chi connectivity index (χ2v) is 7.58. The summed E-state index contributed by atoms with van der Waals surface area (Å²) in [4.78, 5) is 4.58. The lowest BCUT2D eigenvalue weighted by Crippen LogP contribution is -2.11. The fourth-order valence-electron chi connectivity index (χ4n) is 3.68. The number of hydrogen-bond donors (Lipinski definition) is 0. The van der Waals surface area contributed by atoms with Crippen molar-refractivity contribution in [1.82, 2.24) is 4.98 Å². The summed E-state index contributed by atoms with van der Waals surface area (Å²) in [6.45, 7) is 3.83. The van der Waals surface area contributed by atoms with Gasteiger partial charge in [0.1, 0.15) is 0 Å². The van der Waals surface area contributed by atoms with Crippen LogP contribution >= 0.6 is 0 Å². The van der Waals surface area contributed by atoms with Crippen LogP contribution in [0.25, 0.3) is 22.2 Å². The Kier molecular flexibility index (Phi) is 6.11. The SMILES string of the molecule is Cc1cc(C)cc(-c2cc(CCC(F)(F)F)c3c(CCC(F)(F)F)cccc3n2)c1. The third-order valence-corrected chi connectivity index (χ3v) is 4.87. The Bertz CT molecular complexity index is 1030. The molecule has 3 rings (SSSR count). The Morgan fingerprint density at radius 3 is 1.87 bits per heavy atom. The minimum absolute atomic E-state index is 0.301. The van der Waals surface area contributed by atoms with Crippen LogP contribution in [-0.2, 0) is 12.8 Å². The summed E-state index contributed by atoms with van der Waals surface area (Å²) in [5.74, 6) is 0. The number of pyridine rings is 1. The van der Waals surface area contributed by atoms with Gasteiger partial charge in [-0.05, 0) is 62.1 Å². The highest BCUT2D eigenvalue weighted by molar-refractivity contribution is 5.88. The average molecular weight is 425 g/mol. The molecule has 0 aliphatic carbocycles. The molecule has 7 heteroatoms. The van der Waals surface area contributed by atoms with Gasteiger partial charge < -0.3 is 0 Å². The quantitative estimate of drug-likeness (QED) is 0.386. The number of fused-ring (bicyclic) bond motifs is 1. The van der Waals surface area contributed by atoms with Crippen LogP contribution in [0.1, 0.15) is 35.1 Å². The smallest absolute Gasteiger partial charge is 0.248 e. The topological polar surface area (TPSA) is 12.9 Å². The Hall–Kier alpha value is -2.57. The third-order valence-electron chi connectivity index (χ3n) is 4.87. The molecule has 0 bridgehead atoms. The van der Waals surface area contributed by atoms with Crippen molar-refractivity contribution >= 4 is 10.9 Å². The molecule has 0 N–H and O–H groups in total. The van der Waals surface area contributed by atoms with Crippen molar-refractivity contribution in [2.75, 3.05) is 0 Å². The van der Waals surface area contributed by atoms with Gasteiger partial charge in [0.05, 0.1) is 11.2 Å². The van der Waals surface area contributed by atoms with Crippen molar-refractivity contribution < 1.29 is 26.3 Å². The highest BCUT2D eigenvalue weighted by Gasteiger charge is 2.29. The lowest BCUT2D eigenvalue weighted by molar-refractivity contribution is -0.134. The van der Waals surface area contributed by atoms with Crippen LogP contribution in [0.4, 0.5) is 26.3 Å². The standard InChI is InChI=1S/C23H21F6N/c1-14-10-15(2)12-18(11-14)20-13-17(7-9-23(27,28)29)21-16(6-8-22(24,25)26)4-3-5-19(21)30-20/h3-5,10-13H,6-9H2,1-2H3. The van der Waals surface area contributed by atoms with E-state index in [-0.39, 0.29) is 12.8 Å². The van der Waals surface area contributed by atoms with E-state index in [1.54, 1.807) is 18.2 Å². The molecule has 0 saturated carbocycles. The molecule has 1 aromatic heterocycles. The minimum Gasteiger partial charge on any atom is -0.248 e. The van der Waals surface area contributed by atoms with Gasteiger partial charge in [-0.3, -0.25) is 0 Å². The Balaban J connectivity index is 2.15. The van der Waals surface area contributed by atoms with Gasteiger partial charge in [-0.25, -0.2) is 4.98 Å². The number of rotatable bonds is 5. The van der Waals surface area contributed by atoms with Gasteiger partial charge in [0.15, 0.2) is 0 Å². The van der Waals surface area contributed by atoms with E-state index < -0.39 is 25.2 Å². The lowest BCUT2D eigenvalue weighted by Gasteiger charge is -2.16. The molecule has 2 aromatic carbocycles. The zero-order valence-electron chi connectivity index (χ0n) is 16.6. The summed E-state index contributed by atoms with van der Waals surface area (Å²) >= 11 is 0. The fraction of sp³-hybridized carbons (Fsp3) is 0.348. The second kappa shape index (κ2) is 8.28. The van der Waals surface area contributed by atoms with Crippen LogP contribution < -0.4 is 0 Å². The molecule has 0 fully saturated rings. The molecule has 0 aliphatic rings. The molecule has 1 heterocycles. The maximum atomic E-state index is 12.9. The highest BCUT2D eigenvalue weighted by Crippen LogP contribution is 2.33. The summed E-state index contributed by atoms with van der Waals surface area (Å²) in [5.41, 5.74) is 4.39. The summed E-state index contributed by atoms with van der Waals surface area (Å²) in [6.07, 6.45) is -11.4. The van der Waals surface area contributed by atoms with Gasteiger partial charge in [0.2, 0.25) is 0 Å². The number of benzene rings is 2.